The van der Waals surface area contributed by atoms with Gasteiger partial charge in [-0.3, -0.25) is 10.1 Å². The molecule has 2 aromatic carbocycles. The van der Waals surface area contributed by atoms with Crippen LogP contribution in [0.3, 0.4) is 0 Å². The van der Waals surface area contributed by atoms with Crippen LogP contribution in [-0.2, 0) is 17.1 Å². The fraction of sp³-hybridized carbons (Fsp3) is 0.348. The summed E-state index contributed by atoms with van der Waals surface area (Å²) in [7, 11) is 0. The zero-order chi connectivity index (χ0) is 27.2. The highest BCUT2D eigenvalue weighted by atomic mass is 19.4. The lowest BCUT2D eigenvalue weighted by Crippen LogP contribution is -2.54. The van der Waals surface area contributed by atoms with Gasteiger partial charge in [-0.15, -0.1) is 0 Å². The van der Waals surface area contributed by atoms with E-state index in [4.69, 9.17) is 5.26 Å². The molecule has 0 fully saturated rings. The molecule has 2 heterocycles. The van der Waals surface area contributed by atoms with Gasteiger partial charge in [0.2, 0.25) is 0 Å². The predicted octanol–water partition coefficient (Wildman–Crippen LogP) is 4.24. The van der Waals surface area contributed by atoms with E-state index in [2.05, 4.69) is 21.0 Å². The SMILES string of the molecule is C[C@@](O)(C(=O)Nc1ccc(C#N)c(C(F)(F)F)c1)C1NCCCNc2c3c(C(F)(F)F)cccc3nn21. The van der Waals surface area contributed by atoms with E-state index in [1.54, 1.807) is 0 Å². The Morgan fingerprint density at radius 3 is 2.49 bits per heavy atom. The summed E-state index contributed by atoms with van der Waals surface area (Å²) in [4.78, 5) is 13.1. The molecule has 196 valence electrons. The summed E-state index contributed by atoms with van der Waals surface area (Å²) in [5, 5.41) is 32.2. The molecule has 1 aliphatic heterocycles. The molecule has 1 aromatic heterocycles. The van der Waals surface area contributed by atoms with Crippen LogP contribution in [0.4, 0.5) is 37.8 Å². The maximum Gasteiger partial charge on any atom is 0.417 e. The van der Waals surface area contributed by atoms with Crippen LogP contribution in [0.2, 0.25) is 0 Å². The second-order valence-corrected chi connectivity index (χ2v) is 8.60. The summed E-state index contributed by atoms with van der Waals surface area (Å²) in [5.41, 5.74) is -5.67. The molecule has 0 spiro atoms. The minimum absolute atomic E-state index is 0.0378. The fourth-order valence-electron chi connectivity index (χ4n) is 4.14. The highest BCUT2D eigenvalue weighted by molar-refractivity contribution is 5.98. The number of fused-ring (bicyclic) bond motifs is 3. The molecule has 0 aliphatic carbocycles. The van der Waals surface area contributed by atoms with Crippen molar-refractivity contribution >= 4 is 28.3 Å². The Hall–Kier alpha value is -3.83. The Bertz CT molecular complexity index is 1390. The third-order valence-electron chi connectivity index (χ3n) is 5.95. The molecule has 4 rings (SSSR count). The smallest absolute Gasteiger partial charge is 0.377 e. The number of aliphatic hydroxyl groups is 1. The lowest BCUT2D eigenvalue weighted by molar-refractivity contribution is -0.139. The molecule has 0 radical (unpaired) electrons. The molecular weight excluding hydrogens is 506 g/mol. The Kier molecular flexibility index (Phi) is 6.55. The number of nitrogens with zero attached hydrogens (tertiary/aromatic N) is 3. The first-order valence-corrected chi connectivity index (χ1v) is 11.0. The third kappa shape index (κ3) is 4.92. The standard InChI is InChI=1S/C23H20F6N6O2/c1-21(37,20(36)33-13-7-6-12(11-30)15(10-13)23(27,28)29)19-32-9-3-8-31-18-17-14(22(24,25)26)4-2-5-16(17)34-35(18)19/h2,4-7,10,19,31-32,37H,3,8-9H2,1H3,(H,33,36)/t19?,21-/m0/s1. The lowest BCUT2D eigenvalue weighted by atomic mass is 10.00. The fourth-order valence-corrected chi connectivity index (χ4v) is 4.14. The molecule has 0 bridgehead atoms. The van der Waals surface area contributed by atoms with E-state index in [1.165, 1.54) is 18.2 Å². The molecule has 3 aromatic rings. The average Bonchev–Trinajstić information content (AvgIpc) is 3.14. The summed E-state index contributed by atoms with van der Waals surface area (Å²) < 4.78 is 82.2. The van der Waals surface area contributed by atoms with Crippen molar-refractivity contribution in [3.8, 4) is 6.07 Å². The van der Waals surface area contributed by atoms with E-state index >= 15 is 0 Å². The Balaban J connectivity index is 1.75. The zero-order valence-electron chi connectivity index (χ0n) is 19.1. The first kappa shape index (κ1) is 26.2. The number of carbonyl (C=O) groups is 1. The van der Waals surface area contributed by atoms with Crippen LogP contribution >= 0.6 is 0 Å². The first-order valence-electron chi connectivity index (χ1n) is 11.0. The number of rotatable bonds is 3. The van der Waals surface area contributed by atoms with Crippen LogP contribution in [0.25, 0.3) is 10.9 Å². The van der Waals surface area contributed by atoms with Gasteiger partial charge in [0.05, 0.1) is 33.7 Å². The van der Waals surface area contributed by atoms with Crippen LogP contribution in [0.15, 0.2) is 36.4 Å². The van der Waals surface area contributed by atoms with Crippen molar-refractivity contribution in [3.05, 3.63) is 53.1 Å². The number of nitrogens with one attached hydrogen (secondary N) is 3. The quantitative estimate of drug-likeness (QED) is 0.380. The number of alkyl halides is 6. The number of carbonyl (C=O) groups excluding carboxylic acids is 1. The topological polar surface area (TPSA) is 115 Å². The number of aromatic nitrogens is 2. The Morgan fingerprint density at radius 1 is 1.14 bits per heavy atom. The molecule has 0 saturated heterocycles. The summed E-state index contributed by atoms with van der Waals surface area (Å²) in [6.45, 7) is 1.57. The van der Waals surface area contributed by atoms with Crippen molar-refractivity contribution in [2.45, 2.75) is 37.5 Å². The van der Waals surface area contributed by atoms with Crippen LogP contribution < -0.4 is 16.0 Å². The average molecular weight is 526 g/mol. The van der Waals surface area contributed by atoms with Crippen molar-refractivity contribution in [1.29, 1.82) is 5.26 Å². The molecule has 8 nitrogen and oxygen atoms in total. The molecule has 1 amide bonds. The largest absolute Gasteiger partial charge is 0.417 e. The second kappa shape index (κ2) is 9.24. The predicted molar refractivity (Wildman–Crippen MR) is 120 cm³/mol. The summed E-state index contributed by atoms with van der Waals surface area (Å²) >= 11 is 0. The Morgan fingerprint density at radius 2 is 1.84 bits per heavy atom. The number of benzene rings is 2. The van der Waals surface area contributed by atoms with E-state index < -0.39 is 46.7 Å². The number of halogens is 6. The van der Waals surface area contributed by atoms with Crippen LogP contribution in [0.1, 0.15) is 36.2 Å². The van der Waals surface area contributed by atoms with Crippen LogP contribution in [0, 0.1) is 11.3 Å². The van der Waals surface area contributed by atoms with Gasteiger partial charge in [-0.2, -0.15) is 36.7 Å². The number of anilines is 2. The minimum atomic E-state index is -4.87. The molecule has 1 aliphatic rings. The van der Waals surface area contributed by atoms with Crippen molar-refractivity contribution in [2.24, 2.45) is 0 Å². The van der Waals surface area contributed by atoms with Gasteiger partial charge >= 0.3 is 12.4 Å². The maximum absolute atomic E-state index is 13.7. The lowest BCUT2D eigenvalue weighted by Gasteiger charge is -2.34. The molecule has 2 atom stereocenters. The molecule has 0 saturated carbocycles. The van der Waals surface area contributed by atoms with Gasteiger partial charge in [0.15, 0.2) is 5.60 Å². The summed E-state index contributed by atoms with van der Waals surface area (Å²) in [6.07, 6.45) is -10.6. The molecule has 4 N–H and O–H groups in total. The van der Waals surface area contributed by atoms with Gasteiger partial charge < -0.3 is 15.7 Å². The van der Waals surface area contributed by atoms with E-state index in [-0.39, 0.29) is 35.5 Å². The monoisotopic (exact) mass is 526 g/mol. The summed E-state index contributed by atoms with van der Waals surface area (Å²) in [6, 6.07) is 7.35. The van der Waals surface area contributed by atoms with Crippen LogP contribution in [0.5, 0.6) is 0 Å². The Labute approximate surface area is 205 Å². The van der Waals surface area contributed by atoms with Crippen molar-refractivity contribution in [1.82, 2.24) is 15.1 Å². The van der Waals surface area contributed by atoms with E-state index in [1.807, 2.05) is 0 Å². The number of hydrogen-bond donors (Lipinski definition) is 4. The van der Waals surface area contributed by atoms with Gasteiger partial charge in [-0.1, -0.05) is 6.07 Å². The van der Waals surface area contributed by atoms with Crippen molar-refractivity contribution < 1.29 is 36.2 Å². The van der Waals surface area contributed by atoms with Crippen molar-refractivity contribution in [2.75, 3.05) is 23.7 Å². The number of amides is 1. The van der Waals surface area contributed by atoms with E-state index in [0.717, 1.165) is 29.8 Å². The van der Waals surface area contributed by atoms with Gasteiger partial charge in [0, 0.05) is 12.2 Å². The van der Waals surface area contributed by atoms with Crippen molar-refractivity contribution in [3.63, 3.8) is 0 Å². The maximum atomic E-state index is 13.7. The summed E-state index contributed by atoms with van der Waals surface area (Å²) in [5.74, 6) is -1.23. The number of nitriles is 1. The minimum Gasteiger partial charge on any atom is -0.377 e. The first-order chi connectivity index (χ1) is 17.2. The molecule has 14 heteroatoms. The number of hydrogen-bond acceptors (Lipinski definition) is 6. The molecule has 37 heavy (non-hydrogen) atoms. The second-order valence-electron chi connectivity index (χ2n) is 8.60. The van der Waals surface area contributed by atoms with Gasteiger partial charge in [0.25, 0.3) is 5.91 Å². The van der Waals surface area contributed by atoms with E-state index in [9.17, 15) is 36.2 Å². The normalized spacial score (nSPS) is 18.1. The molecule has 1 unspecified atom stereocenters. The highest BCUT2D eigenvalue weighted by Crippen LogP contribution is 2.40. The molecular formula is C23H20F6N6O2. The zero-order valence-corrected chi connectivity index (χ0v) is 19.1. The van der Waals surface area contributed by atoms with Gasteiger partial charge in [-0.25, -0.2) is 4.68 Å². The van der Waals surface area contributed by atoms with Crippen LogP contribution in [-0.4, -0.2) is 39.5 Å². The highest BCUT2D eigenvalue weighted by Gasteiger charge is 2.44. The van der Waals surface area contributed by atoms with Gasteiger partial charge in [0.1, 0.15) is 12.0 Å². The van der Waals surface area contributed by atoms with Gasteiger partial charge in [-0.05, 0) is 50.2 Å². The third-order valence-corrected chi connectivity index (χ3v) is 5.95. The van der Waals surface area contributed by atoms with E-state index in [0.29, 0.717) is 12.5 Å².